The number of hydrogen-bond acceptors (Lipinski definition) is 3. The minimum atomic E-state index is -0.549. The van der Waals surface area contributed by atoms with Gasteiger partial charge in [0.05, 0.1) is 6.10 Å². The van der Waals surface area contributed by atoms with E-state index in [1.165, 1.54) is 6.07 Å². The summed E-state index contributed by atoms with van der Waals surface area (Å²) in [4.78, 5) is 4.42. The Balaban J connectivity index is 2.10. The summed E-state index contributed by atoms with van der Waals surface area (Å²) in [5, 5.41) is 10.5. The lowest BCUT2D eigenvalue weighted by molar-refractivity contribution is 0.0324. The molecule has 1 N–H and O–H groups in total. The van der Waals surface area contributed by atoms with Crippen molar-refractivity contribution < 1.29 is 14.2 Å². The third-order valence-electron chi connectivity index (χ3n) is 3.98. The number of rotatable bonds is 2. The fourth-order valence-corrected chi connectivity index (χ4v) is 3.07. The van der Waals surface area contributed by atoms with Crippen molar-refractivity contribution >= 4 is 14.5 Å². The van der Waals surface area contributed by atoms with Crippen LogP contribution in [0.4, 0.5) is 4.39 Å². The Hall–Kier alpha value is -1.51. The molecule has 3 nitrogen and oxygen atoms in total. The second-order valence-corrected chi connectivity index (χ2v) is 6.44. The Kier molecular flexibility index (Phi) is 4.16. The summed E-state index contributed by atoms with van der Waals surface area (Å²) in [6.45, 7) is 3.57. The first-order chi connectivity index (χ1) is 10.5. The van der Waals surface area contributed by atoms with Crippen LogP contribution in [0, 0.1) is 12.7 Å². The lowest BCUT2D eigenvalue weighted by Gasteiger charge is -2.28. The molecule has 0 saturated carbocycles. The van der Waals surface area contributed by atoms with E-state index in [9.17, 15) is 9.50 Å². The molecule has 1 aromatic heterocycles. The SMILES string of the molecule is Cc1cc(-c2ccc(P)cc2F)c2c(n1)OC(C(C)O)CC2. The zero-order valence-electron chi connectivity index (χ0n) is 12.6. The van der Waals surface area contributed by atoms with Crippen molar-refractivity contribution in [3.05, 3.63) is 41.3 Å². The molecule has 1 aromatic carbocycles. The first kappa shape index (κ1) is 15.4. The van der Waals surface area contributed by atoms with Gasteiger partial charge in [-0.25, -0.2) is 9.37 Å². The number of pyridine rings is 1. The van der Waals surface area contributed by atoms with Crippen molar-refractivity contribution in [2.45, 2.75) is 38.9 Å². The van der Waals surface area contributed by atoms with Gasteiger partial charge >= 0.3 is 0 Å². The molecular weight excluding hydrogens is 300 g/mol. The number of ether oxygens (including phenoxy) is 1. The van der Waals surface area contributed by atoms with Gasteiger partial charge in [-0.3, -0.25) is 0 Å². The summed E-state index contributed by atoms with van der Waals surface area (Å²) in [6.07, 6.45) is 0.613. The van der Waals surface area contributed by atoms with Crippen LogP contribution in [0.2, 0.25) is 0 Å². The number of aryl methyl sites for hydroxylation is 1. The van der Waals surface area contributed by atoms with Gasteiger partial charge in [0, 0.05) is 16.8 Å². The topological polar surface area (TPSA) is 42.4 Å². The van der Waals surface area contributed by atoms with Gasteiger partial charge in [-0.1, -0.05) is 12.1 Å². The number of halogens is 1. The second kappa shape index (κ2) is 5.94. The smallest absolute Gasteiger partial charge is 0.217 e. The average molecular weight is 319 g/mol. The average Bonchev–Trinajstić information content (AvgIpc) is 2.45. The molecule has 0 radical (unpaired) electrons. The maximum absolute atomic E-state index is 14.3. The Morgan fingerprint density at radius 3 is 2.82 bits per heavy atom. The molecule has 1 aliphatic heterocycles. The van der Waals surface area contributed by atoms with Gasteiger partial charge in [0.25, 0.3) is 0 Å². The van der Waals surface area contributed by atoms with E-state index in [0.29, 0.717) is 17.9 Å². The molecule has 0 amide bonds. The van der Waals surface area contributed by atoms with E-state index < -0.39 is 6.10 Å². The van der Waals surface area contributed by atoms with Crippen LogP contribution in [-0.4, -0.2) is 22.3 Å². The maximum Gasteiger partial charge on any atom is 0.217 e. The first-order valence-corrected chi connectivity index (χ1v) is 7.94. The summed E-state index contributed by atoms with van der Waals surface area (Å²) >= 11 is 0. The molecule has 116 valence electrons. The van der Waals surface area contributed by atoms with E-state index in [-0.39, 0.29) is 11.9 Å². The predicted molar refractivity (Wildman–Crippen MR) is 88.1 cm³/mol. The molecule has 1 aliphatic rings. The van der Waals surface area contributed by atoms with Crippen LogP contribution in [0.5, 0.6) is 5.88 Å². The zero-order chi connectivity index (χ0) is 15.9. The number of benzene rings is 1. The Labute approximate surface area is 131 Å². The highest BCUT2D eigenvalue weighted by atomic mass is 31.0. The van der Waals surface area contributed by atoms with Gasteiger partial charge in [-0.15, -0.1) is 9.24 Å². The normalized spacial score (nSPS) is 18.5. The maximum atomic E-state index is 14.3. The third kappa shape index (κ3) is 2.86. The number of fused-ring (bicyclic) bond motifs is 1. The number of aliphatic hydroxyl groups excluding tert-OH is 1. The molecule has 22 heavy (non-hydrogen) atoms. The molecule has 0 spiro atoms. The van der Waals surface area contributed by atoms with Crippen molar-refractivity contribution in [2.24, 2.45) is 0 Å². The van der Waals surface area contributed by atoms with Gasteiger partial charge in [0.15, 0.2) is 0 Å². The van der Waals surface area contributed by atoms with Crippen LogP contribution in [-0.2, 0) is 6.42 Å². The molecule has 3 atom stereocenters. The van der Waals surface area contributed by atoms with E-state index in [4.69, 9.17) is 4.74 Å². The van der Waals surface area contributed by atoms with Gasteiger partial charge < -0.3 is 9.84 Å². The fourth-order valence-electron chi connectivity index (χ4n) is 2.83. The number of nitrogens with zero attached hydrogens (tertiary/aromatic N) is 1. The molecule has 3 unspecified atom stereocenters. The largest absolute Gasteiger partial charge is 0.471 e. The Bertz CT molecular complexity index is 718. The van der Waals surface area contributed by atoms with E-state index in [0.717, 1.165) is 28.5 Å². The monoisotopic (exact) mass is 319 g/mol. The van der Waals surface area contributed by atoms with Crippen LogP contribution in [0.1, 0.15) is 24.6 Å². The van der Waals surface area contributed by atoms with Crippen molar-refractivity contribution in [3.8, 4) is 17.0 Å². The lowest BCUT2D eigenvalue weighted by Crippen LogP contribution is -2.33. The Morgan fingerprint density at radius 2 is 2.14 bits per heavy atom. The minimum absolute atomic E-state index is 0.252. The Morgan fingerprint density at radius 1 is 1.36 bits per heavy atom. The van der Waals surface area contributed by atoms with Crippen LogP contribution >= 0.6 is 9.24 Å². The van der Waals surface area contributed by atoms with Gasteiger partial charge in [-0.2, -0.15) is 0 Å². The second-order valence-electron chi connectivity index (χ2n) is 5.77. The quantitative estimate of drug-likeness (QED) is 0.866. The van der Waals surface area contributed by atoms with Gasteiger partial charge in [-0.05, 0) is 49.7 Å². The fraction of sp³-hybridized carbons (Fsp3) is 0.353. The van der Waals surface area contributed by atoms with E-state index in [1.807, 2.05) is 19.1 Å². The first-order valence-electron chi connectivity index (χ1n) is 7.36. The van der Waals surface area contributed by atoms with Crippen molar-refractivity contribution in [1.29, 1.82) is 0 Å². The van der Waals surface area contributed by atoms with E-state index in [2.05, 4.69) is 14.2 Å². The molecule has 0 bridgehead atoms. The summed E-state index contributed by atoms with van der Waals surface area (Å²) in [7, 11) is 2.50. The van der Waals surface area contributed by atoms with Crippen molar-refractivity contribution in [2.75, 3.05) is 0 Å². The van der Waals surface area contributed by atoms with Crippen molar-refractivity contribution in [3.63, 3.8) is 0 Å². The van der Waals surface area contributed by atoms with Crippen LogP contribution in [0.25, 0.3) is 11.1 Å². The summed E-state index contributed by atoms with van der Waals surface area (Å²) in [5.41, 5.74) is 3.08. The molecule has 0 saturated heterocycles. The van der Waals surface area contributed by atoms with E-state index in [1.54, 1.807) is 13.0 Å². The third-order valence-corrected chi connectivity index (χ3v) is 4.34. The van der Waals surface area contributed by atoms with Crippen LogP contribution in [0.3, 0.4) is 0 Å². The zero-order valence-corrected chi connectivity index (χ0v) is 13.8. The van der Waals surface area contributed by atoms with Crippen LogP contribution in [0.15, 0.2) is 24.3 Å². The minimum Gasteiger partial charge on any atom is -0.471 e. The summed E-state index contributed by atoms with van der Waals surface area (Å²) in [5.74, 6) is 0.263. The molecule has 0 fully saturated rings. The van der Waals surface area contributed by atoms with Crippen LogP contribution < -0.4 is 10.0 Å². The molecule has 3 rings (SSSR count). The van der Waals surface area contributed by atoms with Gasteiger partial charge in [0.1, 0.15) is 11.9 Å². The number of hydrogen-bond donors (Lipinski definition) is 1. The number of aromatic nitrogens is 1. The van der Waals surface area contributed by atoms with Crippen molar-refractivity contribution in [1.82, 2.24) is 4.98 Å². The highest BCUT2D eigenvalue weighted by Crippen LogP contribution is 2.36. The molecule has 2 aromatic rings. The highest BCUT2D eigenvalue weighted by Gasteiger charge is 2.27. The standard InChI is InChI=1S/C17H19FNO2P/c1-9-7-14(12-4-3-11(22)8-15(12)18)13-5-6-16(10(2)20)21-17(13)19-9/h3-4,7-8,10,16,20H,5-6,22H2,1-2H3. The lowest BCUT2D eigenvalue weighted by atomic mass is 9.93. The molecule has 5 heteroatoms. The molecule has 2 heterocycles. The summed E-state index contributed by atoms with van der Waals surface area (Å²) in [6, 6.07) is 7.05. The number of aliphatic hydroxyl groups is 1. The summed E-state index contributed by atoms with van der Waals surface area (Å²) < 4.78 is 20.1. The van der Waals surface area contributed by atoms with E-state index >= 15 is 0 Å². The van der Waals surface area contributed by atoms with Gasteiger partial charge in [0.2, 0.25) is 5.88 Å². The molecular formula is C17H19FNO2P. The molecule has 0 aliphatic carbocycles. The highest BCUT2D eigenvalue weighted by molar-refractivity contribution is 7.27. The predicted octanol–water partition coefficient (Wildman–Crippen LogP) is 2.77.